The van der Waals surface area contributed by atoms with Gasteiger partial charge in [-0.15, -0.1) is 12.4 Å². The van der Waals surface area contributed by atoms with Crippen LogP contribution in [0.5, 0.6) is 0 Å². The second-order valence-corrected chi connectivity index (χ2v) is 7.89. The maximum atomic E-state index is 12.4. The van der Waals surface area contributed by atoms with Crippen molar-refractivity contribution < 1.29 is 14.4 Å². The van der Waals surface area contributed by atoms with E-state index < -0.39 is 0 Å². The van der Waals surface area contributed by atoms with Crippen LogP contribution >= 0.6 is 24.2 Å². The minimum absolute atomic E-state index is 0. The molecule has 1 aromatic carbocycles. The highest BCUT2D eigenvalue weighted by Gasteiger charge is 2.26. The number of thioether (sulfide) groups is 1. The van der Waals surface area contributed by atoms with Crippen LogP contribution in [0.25, 0.3) is 6.08 Å². The lowest BCUT2D eigenvalue weighted by atomic mass is 10.1. The van der Waals surface area contributed by atoms with Crippen LogP contribution in [-0.2, 0) is 9.59 Å². The van der Waals surface area contributed by atoms with Gasteiger partial charge in [0, 0.05) is 38.3 Å². The van der Waals surface area contributed by atoms with Crippen molar-refractivity contribution in [1.29, 1.82) is 0 Å². The second kappa shape index (κ2) is 11.2. The van der Waals surface area contributed by atoms with Crippen molar-refractivity contribution in [2.75, 3.05) is 37.6 Å². The lowest BCUT2D eigenvalue weighted by Gasteiger charge is -2.25. The number of hydrogen-bond acceptors (Lipinski definition) is 6. The Balaban J connectivity index is 0.00000300. The number of carbonyl (C=O) groups excluding carboxylic acids is 3. The molecule has 0 aliphatic carbocycles. The number of anilines is 1. The van der Waals surface area contributed by atoms with Crippen LogP contribution in [0.2, 0.25) is 0 Å². The maximum Gasteiger partial charge on any atom is 0.290 e. The summed E-state index contributed by atoms with van der Waals surface area (Å²) in [5.74, 6) is -0.154. The van der Waals surface area contributed by atoms with E-state index in [2.05, 4.69) is 10.2 Å². The fourth-order valence-corrected chi connectivity index (χ4v) is 4.12. The number of benzene rings is 1. The van der Waals surface area contributed by atoms with Crippen molar-refractivity contribution in [3.8, 4) is 0 Å². The first kappa shape index (κ1) is 23.3. The lowest BCUT2D eigenvalue weighted by Crippen LogP contribution is -2.35. The van der Waals surface area contributed by atoms with E-state index in [4.69, 9.17) is 5.73 Å². The van der Waals surface area contributed by atoms with Gasteiger partial charge >= 0.3 is 0 Å². The van der Waals surface area contributed by atoms with Crippen LogP contribution in [0.4, 0.5) is 10.5 Å². The Morgan fingerprint density at radius 1 is 1.14 bits per heavy atom. The Bertz CT molecular complexity index is 787. The molecule has 3 rings (SSSR count). The zero-order chi connectivity index (χ0) is 19.9. The van der Waals surface area contributed by atoms with Gasteiger partial charge in [0.15, 0.2) is 0 Å². The molecule has 0 atom stereocenters. The molecule has 0 spiro atoms. The summed E-state index contributed by atoms with van der Waals surface area (Å²) in [5.41, 5.74) is 7.42. The molecule has 3 amide bonds. The molecule has 2 aliphatic heterocycles. The van der Waals surface area contributed by atoms with E-state index in [1.807, 2.05) is 29.2 Å². The van der Waals surface area contributed by atoms with E-state index in [1.165, 1.54) is 0 Å². The standard InChI is InChI=1S/C20H26N4O3S.ClH/c21-9-4-3-8-18(25)24-11-5-10-23(12-13-24)16-7-2-1-6-15(16)14-17-19(26)22-20(27)28-17;/h1-2,6-7,14H,3-5,8-13,21H2,(H,22,26,27);1H/b17-14-;. The van der Waals surface area contributed by atoms with Gasteiger partial charge in [0.25, 0.3) is 11.1 Å². The third-order valence-electron chi connectivity index (χ3n) is 4.90. The molecule has 2 fully saturated rings. The van der Waals surface area contributed by atoms with Gasteiger partial charge in [0.05, 0.1) is 4.91 Å². The highest BCUT2D eigenvalue weighted by Crippen LogP contribution is 2.30. The molecule has 9 heteroatoms. The third-order valence-corrected chi connectivity index (χ3v) is 5.71. The molecule has 2 heterocycles. The normalized spacial score (nSPS) is 18.4. The Morgan fingerprint density at radius 3 is 2.66 bits per heavy atom. The van der Waals surface area contributed by atoms with E-state index >= 15 is 0 Å². The summed E-state index contributed by atoms with van der Waals surface area (Å²) in [6.45, 7) is 3.63. The summed E-state index contributed by atoms with van der Waals surface area (Å²) in [7, 11) is 0. The molecule has 158 valence electrons. The monoisotopic (exact) mass is 438 g/mol. The molecular formula is C20H27ClN4O3S. The van der Waals surface area contributed by atoms with Crippen LogP contribution in [0, 0.1) is 0 Å². The molecule has 0 saturated carbocycles. The van der Waals surface area contributed by atoms with Gasteiger partial charge in [-0.3, -0.25) is 19.7 Å². The molecular weight excluding hydrogens is 412 g/mol. The minimum atomic E-state index is -0.352. The molecule has 0 unspecified atom stereocenters. The van der Waals surface area contributed by atoms with Gasteiger partial charge in [0.2, 0.25) is 5.91 Å². The Labute approximate surface area is 181 Å². The molecule has 29 heavy (non-hydrogen) atoms. The summed E-state index contributed by atoms with van der Waals surface area (Å²) in [5, 5.41) is 1.95. The first-order valence-corrected chi connectivity index (χ1v) is 10.5. The molecule has 2 aliphatic rings. The number of carbonyl (C=O) groups is 3. The van der Waals surface area contributed by atoms with Crippen LogP contribution in [0.3, 0.4) is 0 Å². The number of hydrogen-bond donors (Lipinski definition) is 2. The molecule has 0 aromatic heterocycles. The van der Waals surface area contributed by atoms with Gasteiger partial charge < -0.3 is 15.5 Å². The highest BCUT2D eigenvalue weighted by atomic mass is 35.5. The van der Waals surface area contributed by atoms with Crippen molar-refractivity contribution in [3.63, 3.8) is 0 Å². The van der Waals surface area contributed by atoms with Crippen LogP contribution in [0.15, 0.2) is 29.2 Å². The van der Waals surface area contributed by atoms with E-state index in [9.17, 15) is 14.4 Å². The zero-order valence-corrected chi connectivity index (χ0v) is 17.9. The Hall–Kier alpha value is -2.03. The molecule has 1 aromatic rings. The number of nitrogens with zero attached hydrogens (tertiary/aromatic N) is 2. The van der Waals surface area contributed by atoms with Gasteiger partial charge in [-0.05, 0) is 55.3 Å². The van der Waals surface area contributed by atoms with Crippen LogP contribution in [0.1, 0.15) is 31.2 Å². The van der Waals surface area contributed by atoms with Crippen LogP contribution < -0.4 is 16.0 Å². The Morgan fingerprint density at radius 2 is 1.93 bits per heavy atom. The van der Waals surface area contributed by atoms with E-state index in [0.717, 1.165) is 61.9 Å². The van der Waals surface area contributed by atoms with Gasteiger partial charge in [0.1, 0.15) is 0 Å². The van der Waals surface area contributed by atoms with Crippen molar-refractivity contribution in [1.82, 2.24) is 10.2 Å². The predicted octanol–water partition coefficient (Wildman–Crippen LogP) is 2.60. The smallest absolute Gasteiger partial charge is 0.290 e. The number of rotatable bonds is 6. The van der Waals surface area contributed by atoms with E-state index in [-0.39, 0.29) is 29.5 Å². The average Bonchev–Trinajstić information content (AvgIpc) is 2.87. The highest BCUT2D eigenvalue weighted by molar-refractivity contribution is 8.18. The first-order valence-electron chi connectivity index (χ1n) is 9.65. The maximum absolute atomic E-state index is 12.4. The van der Waals surface area contributed by atoms with Crippen LogP contribution in [-0.4, -0.2) is 54.7 Å². The number of nitrogens with two attached hydrogens (primary N) is 1. The van der Waals surface area contributed by atoms with Gasteiger partial charge in [-0.25, -0.2) is 0 Å². The van der Waals surface area contributed by atoms with E-state index in [0.29, 0.717) is 24.4 Å². The lowest BCUT2D eigenvalue weighted by molar-refractivity contribution is -0.131. The first-order chi connectivity index (χ1) is 13.6. The third kappa shape index (κ3) is 6.22. The number of imide groups is 1. The average molecular weight is 439 g/mol. The fraction of sp³-hybridized carbons (Fsp3) is 0.450. The van der Waals surface area contributed by atoms with Gasteiger partial charge in [-0.2, -0.15) is 0 Å². The SMILES string of the molecule is Cl.NCCCCC(=O)N1CCCN(c2ccccc2/C=C2\SC(=O)NC2=O)CC1. The predicted molar refractivity (Wildman–Crippen MR) is 119 cm³/mol. The number of halogens is 1. The molecule has 0 bridgehead atoms. The molecule has 3 N–H and O–H groups in total. The van der Waals surface area contributed by atoms with Crippen molar-refractivity contribution >= 4 is 53.0 Å². The topological polar surface area (TPSA) is 95.7 Å². The summed E-state index contributed by atoms with van der Waals surface area (Å²) in [4.78, 5) is 40.3. The molecule has 7 nitrogen and oxygen atoms in total. The summed E-state index contributed by atoms with van der Waals surface area (Å²) in [6.07, 6.45) is 4.93. The summed E-state index contributed by atoms with van der Waals surface area (Å²) >= 11 is 0.923. The van der Waals surface area contributed by atoms with Crippen molar-refractivity contribution in [2.24, 2.45) is 5.73 Å². The summed E-state index contributed by atoms with van der Waals surface area (Å²) in [6, 6.07) is 7.84. The summed E-state index contributed by atoms with van der Waals surface area (Å²) < 4.78 is 0. The molecule has 0 radical (unpaired) electrons. The fourth-order valence-electron chi connectivity index (χ4n) is 3.45. The molecule has 2 saturated heterocycles. The second-order valence-electron chi connectivity index (χ2n) is 6.88. The van der Waals surface area contributed by atoms with Crippen molar-refractivity contribution in [2.45, 2.75) is 25.7 Å². The Kier molecular flexibility index (Phi) is 9.00. The quantitative estimate of drug-likeness (QED) is 0.523. The zero-order valence-electron chi connectivity index (χ0n) is 16.3. The van der Waals surface area contributed by atoms with E-state index in [1.54, 1.807) is 6.08 Å². The van der Waals surface area contributed by atoms with Gasteiger partial charge in [-0.1, -0.05) is 18.2 Å². The number of unbranched alkanes of at least 4 members (excludes halogenated alkanes) is 1. The number of amides is 3. The minimum Gasteiger partial charge on any atom is -0.369 e. The number of para-hydroxylation sites is 1. The largest absolute Gasteiger partial charge is 0.369 e. The van der Waals surface area contributed by atoms with Crippen molar-refractivity contribution in [3.05, 3.63) is 34.7 Å². The number of nitrogens with one attached hydrogen (secondary N) is 1.